The molecule has 0 saturated carbocycles. The number of benzene rings is 1. The minimum absolute atomic E-state index is 0.0837. The van der Waals surface area contributed by atoms with Gasteiger partial charge in [0.2, 0.25) is 10.0 Å². The summed E-state index contributed by atoms with van der Waals surface area (Å²) in [5.41, 5.74) is 1.60. The van der Waals surface area contributed by atoms with Crippen molar-refractivity contribution < 1.29 is 8.42 Å². The summed E-state index contributed by atoms with van der Waals surface area (Å²) < 4.78 is 25.2. The molecule has 0 aromatic heterocycles. The number of nitrogens with one attached hydrogen (secondary N) is 2. The van der Waals surface area contributed by atoms with Crippen molar-refractivity contribution in [2.75, 3.05) is 22.3 Å². The second-order valence-corrected chi connectivity index (χ2v) is 6.37. The van der Waals surface area contributed by atoms with Gasteiger partial charge in [0.25, 0.3) is 0 Å². The van der Waals surface area contributed by atoms with Gasteiger partial charge in [0, 0.05) is 17.9 Å². The lowest BCUT2D eigenvalue weighted by molar-refractivity contribution is 0.602. The Labute approximate surface area is 103 Å². The summed E-state index contributed by atoms with van der Waals surface area (Å²) in [7, 11) is -3.18. The number of hydrogen-bond donors (Lipinski definition) is 2. The maximum atomic E-state index is 11.3. The Balaban J connectivity index is 2.62. The molecule has 0 spiro atoms. The highest BCUT2D eigenvalue weighted by Gasteiger charge is 2.06. The monoisotopic (exact) mass is 256 g/mol. The maximum absolute atomic E-state index is 11.3. The van der Waals surface area contributed by atoms with Crippen LogP contribution in [0.2, 0.25) is 0 Å². The van der Waals surface area contributed by atoms with Crippen LogP contribution in [0.5, 0.6) is 0 Å². The molecular weight excluding hydrogens is 236 g/mol. The van der Waals surface area contributed by atoms with Gasteiger partial charge in [0.15, 0.2) is 0 Å². The lowest BCUT2D eigenvalue weighted by Gasteiger charge is -2.10. The molecule has 0 heterocycles. The predicted octanol–water partition coefficient (Wildman–Crippen LogP) is 2.52. The maximum Gasteiger partial charge on any atom is 0.232 e. The van der Waals surface area contributed by atoms with Crippen molar-refractivity contribution in [3.63, 3.8) is 0 Å². The largest absolute Gasteiger partial charge is 0.385 e. The van der Waals surface area contributed by atoms with Crippen molar-refractivity contribution in [3.05, 3.63) is 24.3 Å². The van der Waals surface area contributed by atoms with Crippen LogP contribution in [-0.4, -0.2) is 20.7 Å². The van der Waals surface area contributed by atoms with E-state index >= 15 is 0 Å². The molecule has 1 aromatic carbocycles. The van der Waals surface area contributed by atoms with Crippen molar-refractivity contribution in [3.8, 4) is 0 Å². The summed E-state index contributed by atoms with van der Waals surface area (Å²) in [5.74, 6) is 0.661. The van der Waals surface area contributed by atoms with Crippen molar-refractivity contribution in [1.82, 2.24) is 0 Å². The minimum Gasteiger partial charge on any atom is -0.385 e. The van der Waals surface area contributed by atoms with Crippen LogP contribution < -0.4 is 10.0 Å². The molecule has 96 valence electrons. The van der Waals surface area contributed by atoms with Crippen LogP contribution >= 0.6 is 0 Å². The summed E-state index contributed by atoms with van der Waals surface area (Å²) in [6.07, 6.45) is 0. The van der Waals surface area contributed by atoms with E-state index in [2.05, 4.69) is 23.9 Å². The van der Waals surface area contributed by atoms with E-state index in [0.29, 0.717) is 11.6 Å². The summed E-state index contributed by atoms with van der Waals surface area (Å²) in [6, 6.07) is 7.26. The Morgan fingerprint density at radius 1 is 1.12 bits per heavy atom. The van der Waals surface area contributed by atoms with Gasteiger partial charge in [0.1, 0.15) is 0 Å². The first kappa shape index (κ1) is 13.8. The lowest BCUT2D eigenvalue weighted by atomic mass is 10.2. The van der Waals surface area contributed by atoms with Crippen LogP contribution in [0.25, 0.3) is 0 Å². The van der Waals surface area contributed by atoms with E-state index in [4.69, 9.17) is 0 Å². The zero-order valence-electron chi connectivity index (χ0n) is 10.5. The molecule has 17 heavy (non-hydrogen) atoms. The summed E-state index contributed by atoms with van der Waals surface area (Å²) in [6.45, 7) is 6.79. The normalized spacial score (nSPS) is 11.5. The molecule has 2 N–H and O–H groups in total. The Hall–Kier alpha value is -1.23. The Morgan fingerprint density at radius 3 is 2.12 bits per heavy atom. The van der Waals surface area contributed by atoms with Crippen LogP contribution in [0.15, 0.2) is 24.3 Å². The summed E-state index contributed by atoms with van der Waals surface area (Å²) in [5, 5.41) is 3.27. The Kier molecular flexibility index (Phi) is 4.81. The first-order valence-electron chi connectivity index (χ1n) is 5.77. The molecule has 4 nitrogen and oxygen atoms in total. The van der Waals surface area contributed by atoms with Gasteiger partial charge in [-0.3, -0.25) is 4.72 Å². The molecule has 0 saturated heterocycles. The zero-order valence-corrected chi connectivity index (χ0v) is 11.3. The van der Waals surface area contributed by atoms with Gasteiger partial charge >= 0.3 is 0 Å². The van der Waals surface area contributed by atoms with Gasteiger partial charge < -0.3 is 5.32 Å². The fraction of sp³-hybridized carbons (Fsp3) is 0.500. The highest BCUT2D eigenvalue weighted by Crippen LogP contribution is 2.15. The molecule has 1 aromatic rings. The minimum atomic E-state index is -3.18. The van der Waals surface area contributed by atoms with Crippen LogP contribution in [0.4, 0.5) is 11.4 Å². The van der Waals surface area contributed by atoms with Gasteiger partial charge in [-0.25, -0.2) is 8.42 Å². The van der Waals surface area contributed by atoms with Gasteiger partial charge in [-0.2, -0.15) is 0 Å². The van der Waals surface area contributed by atoms with E-state index < -0.39 is 10.0 Å². The van der Waals surface area contributed by atoms with E-state index in [9.17, 15) is 8.42 Å². The Morgan fingerprint density at radius 2 is 1.65 bits per heavy atom. The third-order valence-corrected chi connectivity index (χ3v) is 3.56. The fourth-order valence-electron chi connectivity index (χ4n) is 1.23. The fourth-order valence-corrected chi connectivity index (χ4v) is 1.87. The number of hydrogen-bond acceptors (Lipinski definition) is 3. The second kappa shape index (κ2) is 5.91. The average molecular weight is 256 g/mol. The SMILES string of the molecule is CCS(=O)(=O)Nc1ccc(NCC(C)C)cc1. The number of sulfonamides is 1. The smallest absolute Gasteiger partial charge is 0.232 e. The highest BCUT2D eigenvalue weighted by atomic mass is 32.2. The number of anilines is 2. The van der Waals surface area contributed by atoms with E-state index in [1.54, 1.807) is 19.1 Å². The lowest BCUT2D eigenvalue weighted by Crippen LogP contribution is -2.14. The molecule has 0 atom stereocenters. The predicted molar refractivity (Wildman–Crippen MR) is 72.9 cm³/mol. The first-order chi connectivity index (χ1) is 7.93. The molecule has 0 aliphatic heterocycles. The molecule has 0 bridgehead atoms. The van der Waals surface area contributed by atoms with E-state index in [-0.39, 0.29) is 5.75 Å². The van der Waals surface area contributed by atoms with Crippen molar-refractivity contribution in [2.24, 2.45) is 5.92 Å². The summed E-state index contributed by atoms with van der Waals surface area (Å²) in [4.78, 5) is 0. The van der Waals surface area contributed by atoms with Crippen molar-refractivity contribution in [2.45, 2.75) is 20.8 Å². The number of rotatable bonds is 6. The topological polar surface area (TPSA) is 58.2 Å². The molecule has 0 aliphatic rings. The van der Waals surface area contributed by atoms with E-state index in [1.165, 1.54) is 0 Å². The van der Waals surface area contributed by atoms with Gasteiger partial charge in [-0.05, 0) is 37.1 Å². The quantitative estimate of drug-likeness (QED) is 0.822. The van der Waals surface area contributed by atoms with Crippen molar-refractivity contribution >= 4 is 21.4 Å². The standard InChI is InChI=1S/C12H20N2O2S/c1-4-17(15,16)14-12-7-5-11(6-8-12)13-9-10(2)3/h5-8,10,13-14H,4,9H2,1-3H3. The second-order valence-electron chi connectivity index (χ2n) is 4.36. The zero-order chi connectivity index (χ0) is 12.9. The van der Waals surface area contributed by atoms with Crippen LogP contribution in [0.1, 0.15) is 20.8 Å². The van der Waals surface area contributed by atoms with Crippen LogP contribution in [0, 0.1) is 5.92 Å². The first-order valence-corrected chi connectivity index (χ1v) is 7.42. The molecular formula is C12H20N2O2S. The molecule has 0 amide bonds. The molecule has 0 radical (unpaired) electrons. The van der Waals surface area contributed by atoms with Gasteiger partial charge in [-0.15, -0.1) is 0 Å². The summed E-state index contributed by atoms with van der Waals surface area (Å²) >= 11 is 0. The molecule has 1 rings (SSSR count). The third-order valence-electron chi connectivity index (χ3n) is 2.25. The van der Waals surface area contributed by atoms with Crippen LogP contribution in [0.3, 0.4) is 0 Å². The molecule has 5 heteroatoms. The van der Waals surface area contributed by atoms with E-state index in [1.807, 2.05) is 12.1 Å². The van der Waals surface area contributed by atoms with Crippen LogP contribution in [-0.2, 0) is 10.0 Å². The van der Waals surface area contributed by atoms with Gasteiger partial charge in [-0.1, -0.05) is 13.8 Å². The molecule has 0 fully saturated rings. The Bertz CT molecular complexity index is 438. The molecule has 0 aliphatic carbocycles. The molecule has 0 unspecified atom stereocenters. The van der Waals surface area contributed by atoms with Gasteiger partial charge in [0.05, 0.1) is 5.75 Å². The third kappa shape index (κ3) is 5.08. The highest BCUT2D eigenvalue weighted by molar-refractivity contribution is 7.92. The van der Waals surface area contributed by atoms with E-state index in [0.717, 1.165) is 12.2 Å². The van der Waals surface area contributed by atoms with Crippen molar-refractivity contribution in [1.29, 1.82) is 0 Å². The average Bonchev–Trinajstić information content (AvgIpc) is 2.28.